The van der Waals surface area contributed by atoms with Gasteiger partial charge in [0.2, 0.25) is 5.91 Å². The SMILES string of the molecule is COC(=O)C(NC(=O)C1CC2CCC1N2)c1ccccc1. The second kappa shape index (κ2) is 5.85. The van der Waals surface area contributed by atoms with Gasteiger partial charge in [-0.1, -0.05) is 30.3 Å². The number of rotatable bonds is 4. The number of esters is 1. The van der Waals surface area contributed by atoms with Gasteiger partial charge in [-0.2, -0.15) is 0 Å². The van der Waals surface area contributed by atoms with Crippen molar-refractivity contribution in [1.82, 2.24) is 10.6 Å². The van der Waals surface area contributed by atoms with Crippen LogP contribution in [0.1, 0.15) is 30.9 Å². The van der Waals surface area contributed by atoms with Crippen molar-refractivity contribution in [3.8, 4) is 0 Å². The highest BCUT2D eigenvalue weighted by Gasteiger charge is 2.43. The molecule has 3 rings (SSSR count). The summed E-state index contributed by atoms with van der Waals surface area (Å²) in [7, 11) is 1.34. The third-order valence-electron chi connectivity index (χ3n) is 4.49. The van der Waals surface area contributed by atoms with Crippen molar-refractivity contribution in [3.05, 3.63) is 35.9 Å². The molecule has 0 aromatic heterocycles. The Morgan fingerprint density at radius 3 is 2.62 bits per heavy atom. The number of ether oxygens (including phenoxy) is 1. The monoisotopic (exact) mass is 288 g/mol. The zero-order valence-corrected chi connectivity index (χ0v) is 12.0. The molecule has 1 aromatic carbocycles. The first-order valence-corrected chi connectivity index (χ1v) is 7.38. The van der Waals surface area contributed by atoms with Crippen LogP contribution in [0.3, 0.4) is 0 Å². The Bertz CT molecular complexity index is 532. The zero-order chi connectivity index (χ0) is 14.8. The number of carbonyl (C=O) groups is 2. The Balaban J connectivity index is 1.73. The minimum Gasteiger partial charge on any atom is -0.467 e. The van der Waals surface area contributed by atoms with E-state index in [9.17, 15) is 9.59 Å². The molecule has 0 aliphatic carbocycles. The first kappa shape index (κ1) is 14.1. The maximum atomic E-state index is 12.5. The zero-order valence-electron chi connectivity index (χ0n) is 12.0. The number of hydrogen-bond acceptors (Lipinski definition) is 4. The number of nitrogens with one attached hydrogen (secondary N) is 2. The Morgan fingerprint density at radius 2 is 2.05 bits per heavy atom. The maximum absolute atomic E-state index is 12.5. The molecular formula is C16H20N2O3. The molecular weight excluding hydrogens is 268 g/mol. The average Bonchev–Trinajstić information content (AvgIpc) is 3.15. The van der Waals surface area contributed by atoms with Crippen LogP contribution in [0.15, 0.2) is 30.3 Å². The van der Waals surface area contributed by atoms with Crippen molar-refractivity contribution >= 4 is 11.9 Å². The number of methoxy groups -OCH3 is 1. The summed E-state index contributed by atoms with van der Waals surface area (Å²) in [6.07, 6.45) is 3.05. The lowest BCUT2D eigenvalue weighted by Crippen LogP contribution is -2.42. The lowest BCUT2D eigenvalue weighted by atomic mass is 9.88. The highest BCUT2D eigenvalue weighted by molar-refractivity contribution is 5.87. The van der Waals surface area contributed by atoms with E-state index in [-0.39, 0.29) is 17.9 Å². The van der Waals surface area contributed by atoms with E-state index in [1.165, 1.54) is 7.11 Å². The van der Waals surface area contributed by atoms with Crippen LogP contribution < -0.4 is 10.6 Å². The fraction of sp³-hybridized carbons (Fsp3) is 0.500. The lowest BCUT2D eigenvalue weighted by molar-refractivity contribution is -0.146. The minimum atomic E-state index is -0.733. The van der Waals surface area contributed by atoms with Crippen LogP contribution in [0, 0.1) is 5.92 Å². The summed E-state index contributed by atoms with van der Waals surface area (Å²) in [5.74, 6) is -0.542. The average molecular weight is 288 g/mol. The first-order chi connectivity index (χ1) is 10.2. The molecule has 4 atom stereocenters. The predicted octanol–water partition coefficient (Wildman–Crippen LogP) is 1.16. The summed E-state index contributed by atoms with van der Waals surface area (Å²) < 4.78 is 4.82. The molecule has 4 unspecified atom stereocenters. The number of fused-ring (bicyclic) bond motifs is 2. The standard InChI is InChI=1S/C16H20N2O3/c1-21-16(20)14(10-5-3-2-4-6-10)18-15(19)12-9-11-7-8-13(12)17-11/h2-6,11-14,17H,7-9H2,1H3,(H,18,19). The molecule has 1 aromatic rings. The maximum Gasteiger partial charge on any atom is 0.333 e. The van der Waals surface area contributed by atoms with E-state index in [1.54, 1.807) is 0 Å². The van der Waals surface area contributed by atoms with Gasteiger partial charge in [-0.05, 0) is 24.8 Å². The van der Waals surface area contributed by atoms with Crippen LogP contribution in [0.4, 0.5) is 0 Å². The van der Waals surface area contributed by atoms with Gasteiger partial charge in [0.15, 0.2) is 6.04 Å². The van der Waals surface area contributed by atoms with E-state index < -0.39 is 12.0 Å². The molecule has 0 saturated carbocycles. The van der Waals surface area contributed by atoms with Gasteiger partial charge in [-0.25, -0.2) is 4.79 Å². The smallest absolute Gasteiger partial charge is 0.333 e. The molecule has 21 heavy (non-hydrogen) atoms. The first-order valence-electron chi connectivity index (χ1n) is 7.38. The van der Waals surface area contributed by atoms with Gasteiger partial charge in [-0.3, -0.25) is 4.79 Å². The Labute approximate surface area is 124 Å². The van der Waals surface area contributed by atoms with E-state index in [0.29, 0.717) is 6.04 Å². The lowest BCUT2D eigenvalue weighted by Gasteiger charge is -2.23. The van der Waals surface area contributed by atoms with Crippen LogP contribution in [-0.2, 0) is 14.3 Å². The molecule has 2 aliphatic heterocycles. The normalized spacial score (nSPS) is 28.1. The van der Waals surface area contributed by atoms with Gasteiger partial charge in [-0.15, -0.1) is 0 Å². The largest absolute Gasteiger partial charge is 0.467 e. The quantitative estimate of drug-likeness (QED) is 0.816. The molecule has 112 valence electrons. The summed E-state index contributed by atoms with van der Waals surface area (Å²) >= 11 is 0. The highest BCUT2D eigenvalue weighted by atomic mass is 16.5. The van der Waals surface area contributed by atoms with Gasteiger partial charge in [0.05, 0.1) is 13.0 Å². The van der Waals surface area contributed by atoms with Crippen LogP contribution in [0.2, 0.25) is 0 Å². The fourth-order valence-electron chi connectivity index (χ4n) is 3.40. The Hall–Kier alpha value is -1.88. The van der Waals surface area contributed by atoms with E-state index in [2.05, 4.69) is 10.6 Å². The summed E-state index contributed by atoms with van der Waals surface area (Å²) in [5.41, 5.74) is 0.744. The predicted molar refractivity (Wildman–Crippen MR) is 77.4 cm³/mol. The van der Waals surface area contributed by atoms with Gasteiger partial charge in [0, 0.05) is 12.1 Å². The molecule has 1 amide bonds. The second-order valence-corrected chi connectivity index (χ2v) is 5.77. The second-order valence-electron chi connectivity index (χ2n) is 5.77. The highest BCUT2D eigenvalue weighted by Crippen LogP contribution is 2.33. The topological polar surface area (TPSA) is 67.4 Å². The molecule has 0 spiro atoms. The summed E-state index contributed by atoms with van der Waals surface area (Å²) in [6, 6.07) is 9.18. The fourth-order valence-corrected chi connectivity index (χ4v) is 3.40. The molecule has 2 saturated heterocycles. The van der Waals surface area contributed by atoms with Crippen LogP contribution in [0.5, 0.6) is 0 Å². The molecule has 5 heteroatoms. The Kier molecular flexibility index (Phi) is 3.92. The Morgan fingerprint density at radius 1 is 1.29 bits per heavy atom. The molecule has 2 bridgehead atoms. The third-order valence-corrected chi connectivity index (χ3v) is 4.49. The number of hydrogen-bond donors (Lipinski definition) is 2. The van der Waals surface area contributed by atoms with E-state index in [1.807, 2.05) is 30.3 Å². The van der Waals surface area contributed by atoms with Gasteiger partial charge < -0.3 is 15.4 Å². The van der Waals surface area contributed by atoms with E-state index >= 15 is 0 Å². The van der Waals surface area contributed by atoms with Crippen molar-refractivity contribution in [2.75, 3.05) is 7.11 Å². The molecule has 5 nitrogen and oxygen atoms in total. The minimum absolute atomic E-state index is 0.0420. The summed E-state index contributed by atoms with van der Waals surface area (Å²) in [6.45, 7) is 0. The number of amides is 1. The van der Waals surface area contributed by atoms with Crippen molar-refractivity contribution in [1.29, 1.82) is 0 Å². The molecule has 0 radical (unpaired) electrons. The molecule has 2 N–H and O–H groups in total. The molecule has 2 aliphatic rings. The van der Waals surface area contributed by atoms with Crippen molar-refractivity contribution in [2.24, 2.45) is 5.92 Å². The van der Waals surface area contributed by atoms with Crippen LogP contribution in [-0.4, -0.2) is 31.1 Å². The van der Waals surface area contributed by atoms with Gasteiger partial charge in [0.1, 0.15) is 0 Å². The van der Waals surface area contributed by atoms with E-state index in [4.69, 9.17) is 4.74 Å². The van der Waals surface area contributed by atoms with Crippen LogP contribution >= 0.6 is 0 Å². The summed E-state index contributed by atoms with van der Waals surface area (Å²) in [4.78, 5) is 24.5. The molecule has 2 fully saturated rings. The number of carbonyl (C=O) groups excluding carboxylic acids is 2. The van der Waals surface area contributed by atoms with Crippen molar-refractivity contribution < 1.29 is 14.3 Å². The van der Waals surface area contributed by atoms with E-state index in [0.717, 1.165) is 24.8 Å². The molecule has 2 heterocycles. The van der Waals surface area contributed by atoms with Crippen molar-refractivity contribution in [2.45, 2.75) is 37.4 Å². The van der Waals surface area contributed by atoms with Crippen LogP contribution in [0.25, 0.3) is 0 Å². The summed E-state index contributed by atoms with van der Waals surface area (Å²) in [5, 5.41) is 6.30. The van der Waals surface area contributed by atoms with Gasteiger partial charge in [0.25, 0.3) is 0 Å². The van der Waals surface area contributed by atoms with Crippen molar-refractivity contribution in [3.63, 3.8) is 0 Å². The van der Waals surface area contributed by atoms with Gasteiger partial charge >= 0.3 is 5.97 Å². The number of benzene rings is 1. The third kappa shape index (κ3) is 2.78.